The molecule has 0 saturated carbocycles. The first-order valence-electron chi connectivity index (χ1n) is 4.15. The Morgan fingerprint density at radius 2 is 2.36 bits per heavy atom. The van der Waals surface area contributed by atoms with Crippen LogP contribution in [0.2, 0.25) is 0 Å². The molecule has 0 aliphatic heterocycles. The summed E-state index contributed by atoms with van der Waals surface area (Å²) in [6.45, 7) is 2.48. The number of rotatable bonds is 2. The van der Waals surface area contributed by atoms with Crippen LogP contribution in [-0.4, -0.2) is 12.4 Å². The molecule has 0 aromatic heterocycles. The second kappa shape index (κ2) is 5.07. The number of hydrogen-bond donors (Lipinski definition) is 2. The van der Waals surface area contributed by atoms with Gasteiger partial charge in [-0.15, -0.1) is 0 Å². The zero-order valence-electron chi connectivity index (χ0n) is 7.72. The Hall–Kier alpha value is -0.940. The van der Waals surface area contributed by atoms with E-state index in [0.29, 0.717) is 22.4 Å². The average molecular weight is 260 g/mol. The van der Waals surface area contributed by atoms with Crippen LogP contribution in [0.4, 0.5) is 4.39 Å². The van der Waals surface area contributed by atoms with Crippen LogP contribution in [0.5, 0.6) is 0 Å². The van der Waals surface area contributed by atoms with Gasteiger partial charge in [-0.1, -0.05) is 0 Å². The van der Waals surface area contributed by atoms with Gasteiger partial charge in [0.2, 0.25) is 0 Å². The predicted molar refractivity (Wildman–Crippen MR) is 58.5 cm³/mol. The molecule has 0 heterocycles. The van der Waals surface area contributed by atoms with Gasteiger partial charge < -0.3 is 5.43 Å². The van der Waals surface area contributed by atoms with E-state index in [0.717, 1.165) is 0 Å². The van der Waals surface area contributed by atoms with Gasteiger partial charge in [-0.3, -0.25) is 4.99 Å². The Morgan fingerprint density at radius 1 is 1.64 bits per heavy atom. The molecular formula is C9H11BrFN3. The summed E-state index contributed by atoms with van der Waals surface area (Å²) in [5, 5.41) is 0. The summed E-state index contributed by atoms with van der Waals surface area (Å²) in [6.07, 6.45) is 0. The number of benzene rings is 1. The fourth-order valence-corrected chi connectivity index (χ4v) is 1.27. The minimum Gasteiger partial charge on any atom is -0.308 e. The molecule has 0 saturated heterocycles. The van der Waals surface area contributed by atoms with Crippen molar-refractivity contribution < 1.29 is 4.39 Å². The van der Waals surface area contributed by atoms with E-state index in [-0.39, 0.29) is 5.82 Å². The molecular weight excluding hydrogens is 249 g/mol. The molecule has 0 unspecified atom stereocenters. The maximum absolute atomic E-state index is 13.1. The molecule has 0 aliphatic rings. The first kappa shape index (κ1) is 11.1. The van der Waals surface area contributed by atoms with Gasteiger partial charge in [0.15, 0.2) is 0 Å². The first-order chi connectivity index (χ1) is 6.69. The lowest BCUT2D eigenvalue weighted by Crippen LogP contribution is -2.31. The lowest BCUT2D eigenvalue weighted by molar-refractivity contribution is 0.620. The second-order valence-corrected chi connectivity index (χ2v) is 3.45. The number of halogens is 2. The highest BCUT2D eigenvalue weighted by molar-refractivity contribution is 9.10. The maximum Gasteiger partial charge on any atom is 0.142 e. The highest BCUT2D eigenvalue weighted by Gasteiger charge is 2.04. The van der Waals surface area contributed by atoms with E-state index in [1.807, 2.05) is 6.92 Å². The van der Waals surface area contributed by atoms with Crippen LogP contribution in [0.1, 0.15) is 12.5 Å². The van der Waals surface area contributed by atoms with E-state index in [1.165, 1.54) is 6.07 Å². The van der Waals surface area contributed by atoms with Crippen molar-refractivity contribution in [2.45, 2.75) is 6.92 Å². The molecule has 0 radical (unpaired) electrons. The van der Waals surface area contributed by atoms with Gasteiger partial charge in [0.1, 0.15) is 11.7 Å². The highest BCUT2D eigenvalue weighted by Crippen LogP contribution is 2.16. The van der Waals surface area contributed by atoms with E-state index >= 15 is 0 Å². The third kappa shape index (κ3) is 2.52. The summed E-state index contributed by atoms with van der Waals surface area (Å²) in [6, 6.07) is 4.73. The number of hydrogen-bond acceptors (Lipinski definition) is 2. The maximum atomic E-state index is 13.1. The first-order valence-corrected chi connectivity index (χ1v) is 4.94. The lowest BCUT2D eigenvalue weighted by atomic mass is 10.2. The molecule has 0 fully saturated rings. The Bertz CT molecular complexity index is 352. The zero-order chi connectivity index (χ0) is 10.6. The summed E-state index contributed by atoms with van der Waals surface area (Å²) in [4.78, 5) is 4.08. The van der Waals surface area contributed by atoms with Crippen molar-refractivity contribution in [1.82, 2.24) is 5.43 Å². The lowest BCUT2D eigenvalue weighted by Gasteiger charge is -2.05. The van der Waals surface area contributed by atoms with E-state index in [4.69, 9.17) is 5.84 Å². The van der Waals surface area contributed by atoms with Crippen molar-refractivity contribution >= 4 is 21.8 Å². The van der Waals surface area contributed by atoms with E-state index < -0.39 is 0 Å². The van der Waals surface area contributed by atoms with Crippen molar-refractivity contribution in [2.75, 3.05) is 6.54 Å². The molecule has 1 aromatic carbocycles. The largest absolute Gasteiger partial charge is 0.308 e. The Balaban J connectivity index is 3.06. The Kier molecular flexibility index (Phi) is 4.03. The molecule has 0 amide bonds. The molecule has 1 rings (SSSR count). The summed E-state index contributed by atoms with van der Waals surface area (Å²) < 4.78 is 13.6. The molecule has 3 nitrogen and oxygen atoms in total. The fourth-order valence-electron chi connectivity index (χ4n) is 1.02. The number of nitrogens with zero attached hydrogens (tertiary/aromatic N) is 1. The number of nitrogens with one attached hydrogen (secondary N) is 1. The summed E-state index contributed by atoms with van der Waals surface area (Å²) in [5.41, 5.74) is 3.07. The molecule has 0 spiro atoms. The van der Waals surface area contributed by atoms with Crippen LogP contribution in [-0.2, 0) is 0 Å². The van der Waals surface area contributed by atoms with Gasteiger partial charge in [-0.25, -0.2) is 10.2 Å². The van der Waals surface area contributed by atoms with Crippen molar-refractivity contribution in [1.29, 1.82) is 0 Å². The summed E-state index contributed by atoms with van der Waals surface area (Å²) in [5.74, 6) is 5.42. The van der Waals surface area contributed by atoms with Gasteiger partial charge in [-0.05, 0) is 41.1 Å². The molecule has 14 heavy (non-hydrogen) atoms. The second-order valence-electron chi connectivity index (χ2n) is 2.60. The number of aliphatic imine (C=N–C) groups is 1. The number of hydrazine groups is 1. The molecule has 0 aliphatic carbocycles. The SMILES string of the molecule is CCN=C(NN)c1ccc(Br)c(F)c1. The van der Waals surface area contributed by atoms with Crippen molar-refractivity contribution in [3.63, 3.8) is 0 Å². The third-order valence-corrected chi connectivity index (χ3v) is 2.29. The highest BCUT2D eigenvalue weighted by atomic mass is 79.9. The number of nitrogens with two attached hydrogens (primary N) is 1. The van der Waals surface area contributed by atoms with Crippen molar-refractivity contribution in [3.8, 4) is 0 Å². The van der Waals surface area contributed by atoms with Crippen LogP contribution >= 0.6 is 15.9 Å². The summed E-state index contributed by atoms with van der Waals surface area (Å²) in [7, 11) is 0. The van der Waals surface area contributed by atoms with Gasteiger partial charge in [-0.2, -0.15) is 0 Å². The molecule has 0 atom stereocenters. The smallest absolute Gasteiger partial charge is 0.142 e. The fraction of sp³-hybridized carbons (Fsp3) is 0.222. The molecule has 5 heteroatoms. The molecule has 0 bridgehead atoms. The van der Waals surface area contributed by atoms with Gasteiger partial charge in [0, 0.05) is 12.1 Å². The van der Waals surface area contributed by atoms with Crippen molar-refractivity contribution in [2.24, 2.45) is 10.8 Å². The van der Waals surface area contributed by atoms with Crippen LogP contribution in [0.3, 0.4) is 0 Å². The summed E-state index contributed by atoms with van der Waals surface area (Å²) >= 11 is 3.07. The monoisotopic (exact) mass is 259 g/mol. The minimum atomic E-state index is -0.332. The average Bonchev–Trinajstić information content (AvgIpc) is 2.19. The third-order valence-electron chi connectivity index (χ3n) is 1.65. The van der Waals surface area contributed by atoms with Gasteiger partial charge in [0.25, 0.3) is 0 Å². The molecule has 1 aromatic rings. The normalized spacial score (nSPS) is 11.6. The zero-order valence-corrected chi connectivity index (χ0v) is 9.31. The van der Waals surface area contributed by atoms with Crippen LogP contribution in [0.25, 0.3) is 0 Å². The topological polar surface area (TPSA) is 50.4 Å². The Morgan fingerprint density at radius 3 is 2.86 bits per heavy atom. The van der Waals surface area contributed by atoms with Crippen LogP contribution in [0, 0.1) is 5.82 Å². The Labute approximate surface area is 90.3 Å². The van der Waals surface area contributed by atoms with Crippen LogP contribution in [0.15, 0.2) is 27.7 Å². The molecule has 76 valence electrons. The predicted octanol–water partition coefficient (Wildman–Crippen LogP) is 1.82. The van der Waals surface area contributed by atoms with E-state index in [1.54, 1.807) is 12.1 Å². The minimum absolute atomic E-state index is 0.332. The molecule has 3 N–H and O–H groups in total. The van der Waals surface area contributed by atoms with E-state index in [9.17, 15) is 4.39 Å². The van der Waals surface area contributed by atoms with Gasteiger partial charge in [0.05, 0.1) is 4.47 Å². The van der Waals surface area contributed by atoms with Crippen LogP contribution < -0.4 is 11.3 Å². The number of amidine groups is 1. The quantitative estimate of drug-likeness (QED) is 0.369. The standard InChI is InChI=1S/C9H11BrFN3/c1-2-13-9(14-12)6-3-4-7(10)8(11)5-6/h3-5H,2,12H2,1H3,(H,13,14). The van der Waals surface area contributed by atoms with E-state index in [2.05, 4.69) is 26.3 Å². The van der Waals surface area contributed by atoms with Crippen molar-refractivity contribution in [3.05, 3.63) is 34.1 Å². The van der Waals surface area contributed by atoms with Gasteiger partial charge >= 0.3 is 0 Å².